The van der Waals surface area contributed by atoms with E-state index >= 15 is 0 Å². The number of hydrogen-bond donors (Lipinski definition) is 1. The van der Waals surface area contributed by atoms with Gasteiger partial charge in [0.15, 0.2) is 0 Å². The molecular weight excluding hydrogens is 274 g/mol. The van der Waals surface area contributed by atoms with Crippen molar-refractivity contribution in [1.82, 2.24) is 0 Å². The maximum absolute atomic E-state index is 12.3. The summed E-state index contributed by atoms with van der Waals surface area (Å²) in [5.41, 5.74) is 2.09. The zero-order valence-electron chi connectivity index (χ0n) is 11.4. The number of ether oxygens (including phenoxy) is 1. The molecule has 4 heteroatoms. The number of nitrogens with one attached hydrogen (secondary N) is 1. The topological polar surface area (TPSA) is 38.3 Å². The number of alkyl halides is 1. The molecule has 1 atom stereocenters. The number of carbonyl (C=O) groups excluding carboxylic acids is 1. The van der Waals surface area contributed by atoms with Gasteiger partial charge in [-0.3, -0.25) is 4.79 Å². The number of carbonyl (C=O) groups is 1. The van der Waals surface area contributed by atoms with Gasteiger partial charge in [-0.25, -0.2) is 0 Å². The first-order valence-electron chi connectivity index (χ1n) is 6.31. The summed E-state index contributed by atoms with van der Waals surface area (Å²) in [6.07, 6.45) is 0. The smallest absolute Gasteiger partial charge is 0.259 e. The number of benzene rings is 2. The molecule has 2 aromatic rings. The Balaban J connectivity index is 2.28. The molecule has 104 valence electrons. The zero-order valence-corrected chi connectivity index (χ0v) is 12.1. The molecule has 2 aromatic carbocycles. The van der Waals surface area contributed by atoms with Crippen LogP contribution in [-0.2, 0) is 0 Å². The summed E-state index contributed by atoms with van der Waals surface area (Å²) in [6, 6.07) is 14.6. The van der Waals surface area contributed by atoms with Gasteiger partial charge in [0.2, 0.25) is 0 Å². The van der Waals surface area contributed by atoms with Crippen LogP contribution in [0.2, 0.25) is 0 Å². The van der Waals surface area contributed by atoms with E-state index in [2.05, 4.69) is 5.32 Å². The Kier molecular flexibility index (Phi) is 4.64. The first-order valence-corrected chi connectivity index (χ1v) is 6.74. The molecule has 0 aliphatic carbocycles. The fraction of sp³-hybridized carbons (Fsp3) is 0.188. The number of anilines is 1. The third-order valence-corrected chi connectivity index (χ3v) is 3.22. The average molecular weight is 290 g/mol. The number of amides is 1. The first kappa shape index (κ1) is 14.4. The van der Waals surface area contributed by atoms with Gasteiger partial charge < -0.3 is 10.1 Å². The highest BCUT2D eigenvalue weighted by Gasteiger charge is 2.14. The van der Waals surface area contributed by atoms with Crippen LogP contribution in [-0.4, -0.2) is 13.0 Å². The van der Waals surface area contributed by atoms with Crippen molar-refractivity contribution < 1.29 is 9.53 Å². The quantitative estimate of drug-likeness (QED) is 0.855. The molecule has 3 nitrogen and oxygen atoms in total. The lowest BCUT2D eigenvalue weighted by atomic mass is 10.1. The fourth-order valence-corrected chi connectivity index (χ4v) is 2.17. The van der Waals surface area contributed by atoms with E-state index in [9.17, 15) is 4.79 Å². The Morgan fingerprint density at radius 3 is 2.50 bits per heavy atom. The zero-order chi connectivity index (χ0) is 14.5. The van der Waals surface area contributed by atoms with E-state index in [-0.39, 0.29) is 11.3 Å². The molecule has 0 aliphatic heterocycles. The number of hydrogen-bond acceptors (Lipinski definition) is 2. The molecule has 0 fully saturated rings. The van der Waals surface area contributed by atoms with Gasteiger partial charge >= 0.3 is 0 Å². The normalized spacial score (nSPS) is 11.8. The van der Waals surface area contributed by atoms with E-state index in [1.807, 2.05) is 37.3 Å². The van der Waals surface area contributed by atoms with Crippen LogP contribution in [0.3, 0.4) is 0 Å². The molecule has 0 spiro atoms. The van der Waals surface area contributed by atoms with E-state index in [4.69, 9.17) is 16.3 Å². The Morgan fingerprint density at radius 2 is 1.80 bits per heavy atom. The molecule has 1 N–H and O–H groups in total. The van der Waals surface area contributed by atoms with E-state index in [1.165, 1.54) is 0 Å². The second-order valence-electron chi connectivity index (χ2n) is 4.36. The molecule has 0 radical (unpaired) electrons. The maximum Gasteiger partial charge on any atom is 0.259 e. The highest BCUT2D eigenvalue weighted by atomic mass is 35.5. The Hall–Kier alpha value is -2.00. The number of halogens is 1. The fourth-order valence-electron chi connectivity index (χ4n) is 1.98. The molecular formula is C16H16ClNO2. The number of methoxy groups -OCH3 is 1. The van der Waals surface area contributed by atoms with Gasteiger partial charge in [0, 0.05) is 5.69 Å². The van der Waals surface area contributed by atoms with E-state index in [1.54, 1.807) is 25.3 Å². The molecule has 0 bridgehead atoms. The lowest BCUT2D eigenvalue weighted by molar-refractivity contribution is 0.102. The summed E-state index contributed by atoms with van der Waals surface area (Å²) >= 11 is 6.12. The van der Waals surface area contributed by atoms with E-state index < -0.39 is 0 Å². The molecule has 0 aliphatic rings. The maximum atomic E-state index is 12.3. The van der Waals surface area contributed by atoms with Crippen LogP contribution in [0.25, 0.3) is 0 Å². The minimum atomic E-state index is -0.216. The second-order valence-corrected chi connectivity index (χ2v) is 5.01. The highest BCUT2D eigenvalue weighted by molar-refractivity contribution is 6.21. The van der Waals surface area contributed by atoms with Crippen LogP contribution in [0.5, 0.6) is 5.75 Å². The van der Waals surface area contributed by atoms with E-state index in [0.717, 1.165) is 5.56 Å². The first-order chi connectivity index (χ1) is 9.63. The molecule has 0 saturated heterocycles. The monoisotopic (exact) mass is 289 g/mol. The largest absolute Gasteiger partial charge is 0.496 e. The molecule has 0 aromatic heterocycles. The van der Waals surface area contributed by atoms with Gasteiger partial charge in [-0.1, -0.05) is 30.3 Å². The lowest BCUT2D eigenvalue weighted by Gasteiger charge is -2.13. The van der Waals surface area contributed by atoms with Crippen molar-refractivity contribution in [1.29, 1.82) is 0 Å². The molecule has 1 amide bonds. The van der Waals surface area contributed by atoms with Gasteiger partial charge in [0.25, 0.3) is 5.91 Å². The van der Waals surface area contributed by atoms with Gasteiger partial charge in [-0.05, 0) is 30.7 Å². The van der Waals surface area contributed by atoms with Gasteiger partial charge in [0.1, 0.15) is 5.75 Å². The molecule has 0 saturated carbocycles. The van der Waals surface area contributed by atoms with Crippen LogP contribution in [0.1, 0.15) is 28.2 Å². The summed E-state index contributed by atoms with van der Waals surface area (Å²) in [5.74, 6) is 0.327. The van der Waals surface area contributed by atoms with Crippen LogP contribution < -0.4 is 10.1 Å². The van der Waals surface area contributed by atoms with Gasteiger partial charge in [-0.2, -0.15) is 0 Å². The van der Waals surface area contributed by atoms with Crippen LogP contribution >= 0.6 is 11.6 Å². The minimum absolute atomic E-state index is 0.177. The number of para-hydroxylation sites is 2. The molecule has 0 heterocycles. The SMILES string of the molecule is COc1ccccc1C(=O)Nc1ccccc1C(C)Cl. The van der Waals surface area contributed by atoms with Crippen LogP contribution in [0.4, 0.5) is 5.69 Å². The van der Waals surface area contributed by atoms with Crippen molar-refractivity contribution in [2.45, 2.75) is 12.3 Å². The Labute approximate surface area is 123 Å². The molecule has 20 heavy (non-hydrogen) atoms. The predicted octanol–water partition coefficient (Wildman–Crippen LogP) is 4.25. The summed E-state index contributed by atoms with van der Waals surface area (Å²) in [6.45, 7) is 1.87. The van der Waals surface area contributed by atoms with Crippen LogP contribution in [0, 0.1) is 0 Å². The lowest BCUT2D eigenvalue weighted by Crippen LogP contribution is -2.14. The van der Waals surface area contributed by atoms with Gasteiger partial charge in [-0.15, -0.1) is 11.6 Å². The highest BCUT2D eigenvalue weighted by Crippen LogP contribution is 2.28. The van der Waals surface area contributed by atoms with Crippen molar-refractivity contribution >= 4 is 23.2 Å². The average Bonchev–Trinajstić information content (AvgIpc) is 2.47. The summed E-state index contributed by atoms with van der Waals surface area (Å²) in [7, 11) is 1.54. The third kappa shape index (κ3) is 3.11. The van der Waals surface area contributed by atoms with Crippen molar-refractivity contribution in [3.8, 4) is 5.75 Å². The summed E-state index contributed by atoms with van der Waals surface area (Å²) < 4.78 is 5.19. The minimum Gasteiger partial charge on any atom is -0.496 e. The van der Waals surface area contributed by atoms with Crippen molar-refractivity contribution in [3.05, 3.63) is 59.7 Å². The molecule has 1 unspecified atom stereocenters. The van der Waals surface area contributed by atoms with E-state index in [0.29, 0.717) is 17.0 Å². The third-order valence-electron chi connectivity index (χ3n) is 2.99. The molecule has 2 rings (SSSR count). The van der Waals surface area contributed by atoms with Gasteiger partial charge in [0.05, 0.1) is 18.1 Å². The second kappa shape index (κ2) is 6.44. The van der Waals surface area contributed by atoms with Crippen molar-refractivity contribution in [3.63, 3.8) is 0 Å². The predicted molar refractivity (Wildman–Crippen MR) is 81.7 cm³/mol. The summed E-state index contributed by atoms with van der Waals surface area (Å²) in [4.78, 5) is 12.3. The Bertz CT molecular complexity index is 611. The standard InChI is InChI=1S/C16H16ClNO2/c1-11(17)12-7-3-5-9-14(12)18-16(19)13-8-4-6-10-15(13)20-2/h3-11H,1-2H3,(H,18,19). The Morgan fingerprint density at radius 1 is 1.15 bits per heavy atom. The van der Waals surface area contributed by atoms with Crippen LogP contribution in [0.15, 0.2) is 48.5 Å². The van der Waals surface area contributed by atoms with Crippen molar-refractivity contribution in [2.75, 3.05) is 12.4 Å². The number of rotatable bonds is 4. The summed E-state index contributed by atoms with van der Waals surface area (Å²) in [5, 5.41) is 2.70. The van der Waals surface area contributed by atoms with Crippen molar-refractivity contribution in [2.24, 2.45) is 0 Å².